The van der Waals surface area contributed by atoms with Gasteiger partial charge in [0.25, 0.3) is 0 Å². The van der Waals surface area contributed by atoms with Crippen molar-refractivity contribution in [2.24, 2.45) is 0 Å². The predicted molar refractivity (Wildman–Crippen MR) is 226 cm³/mol. The lowest BCUT2D eigenvalue weighted by Gasteiger charge is -2.32. The van der Waals surface area contributed by atoms with Crippen LogP contribution in [-0.4, -0.2) is 103 Å². The van der Waals surface area contributed by atoms with Gasteiger partial charge in [-0.2, -0.15) is 0 Å². The fourth-order valence-electron chi connectivity index (χ4n) is 7.49. The average Bonchev–Trinajstić information content (AvgIpc) is 3.95. The fraction of sp³-hybridized carbons (Fsp3) is 0.317. The van der Waals surface area contributed by atoms with E-state index >= 15 is 13.3 Å². The Morgan fingerprint density at radius 3 is 2.29 bits per heavy atom. The van der Waals surface area contributed by atoms with Gasteiger partial charge in [-0.3, -0.25) is 37.2 Å². The van der Waals surface area contributed by atoms with Crippen LogP contribution in [0.15, 0.2) is 97.7 Å². The summed E-state index contributed by atoms with van der Waals surface area (Å²) >= 11 is 0.604. The molecule has 6 heterocycles. The van der Waals surface area contributed by atoms with Crippen LogP contribution in [-0.2, 0) is 52.0 Å². The number of anilines is 1. The van der Waals surface area contributed by atoms with E-state index in [1.165, 1.54) is 23.0 Å². The second-order valence-electron chi connectivity index (χ2n) is 15.2. The molecule has 3 fully saturated rings. The number of Topliss-reactive ketones (excluding diaryl/α,β-unsaturated/α-hetero) is 1. The minimum absolute atomic E-state index is 0.0167. The lowest BCUT2D eigenvalue weighted by molar-refractivity contribution is -0.148. The Labute approximate surface area is 372 Å². The number of hydrogen-bond donors (Lipinski definition) is 2. The molecule has 4 bridgehead atoms. The molecule has 340 valence electrons. The van der Waals surface area contributed by atoms with Crippen molar-refractivity contribution < 1.29 is 69.5 Å². The summed E-state index contributed by atoms with van der Waals surface area (Å²) in [6.45, 7) is -4.67. The molecule has 19 nitrogen and oxygen atoms in total. The molecule has 2 aromatic heterocycles. The number of allylic oxidation sites excluding steroid dienone is 1. The SMILES string of the molecule is Cc1ccc(C(=O)Oc2ccc(CS[P@@]3(=O)OC[C@H]4O[C@@H](N5C=C(c6ccccc6)C(=O)CC5=O)[C@H](OP(=O)(O)OC[C@H]5O[C@@H](n6cnc7c(N)ncnc76)[C@H](O3)[C@@H]5F)[C@@H]4F)cc2)cc1. The molecule has 1 amide bonds. The van der Waals surface area contributed by atoms with Crippen molar-refractivity contribution in [3.05, 3.63) is 120 Å². The van der Waals surface area contributed by atoms with Crippen molar-refractivity contribution >= 4 is 66.2 Å². The van der Waals surface area contributed by atoms with E-state index < -0.39 is 101 Å². The van der Waals surface area contributed by atoms with Gasteiger partial charge in [-0.05, 0) is 53.7 Å². The average molecular weight is 955 g/mol. The van der Waals surface area contributed by atoms with Crippen molar-refractivity contribution in [3.8, 4) is 5.75 Å². The summed E-state index contributed by atoms with van der Waals surface area (Å²) < 4.78 is 103. The maximum atomic E-state index is 16.7. The monoisotopic (exact) mass is 954 g/mol. The van der Waals surface area contributed by atoms with Crippen LogP contribution in [0, 0.1) is 6.92 Å². The number of carbonyl (C=O) groups is 3. The highest BCUT2D eigenvalue weighted by molar-refractivity contribution is 8.54. The van der Waals surface area contributed by atoms with Crippen molar-refractivity contribution in [2.75, 3.05) is 18.9 Å². The van der Waals surface area contributed by atoms with Crippen LogP contribution >= 0.6 is 26.0 Å². The number of amides is 1. The number of nitrogens with two attached hydrogens (primary N) is 1. The summed E-state index contributed by atoms with van der Waals surface area (Å²) in [4.78, 5) is 63.3. The van der Waals surface area contributed by atoms with Gasteiger partial charge in [0, 0.05) is 17.5 Å². The molecule has 4 aliphatic rings. The summed E-state index contributed by atoms with van der Waals surface area (Å²) in [5.41, 5.74) is 8.51. The molecule has 1 unspecified atom stereocenters. The quantitative estimate of drug-likeness (QED) is 0.0780. The summed E-state index contributed by atoms with van der Waals surface area (Å²) in [6, 6.07) is 21.3. The zero-order valence-corrected chi connectivity index (χ0v) is 36.5. The third-order valence-electron chi connectivity index (χ3n) is 10.8. The van der Waals surface area contributed by atoms with Gasteiger partial charge in [0.2, 0.25) is 5.91 Å². The second-order valence-corrected chi connectivity index (χ2v) is 20.7. The number of aryl methyl sites for hydroxylation is 1. The van der Waals surface area contributed by atoms with Crippen LogP contribution in [0.25, 0.3) is 16.7 Å². The number of hydrogen-bond acceptors (Lipinski definition) is 17. The summed E-state index contributed by atoms with van der Waals surface area (Å²) in [6.07, 6.45) is -12.4. The standard InChI is InChI=1S/C41H38F2N6O13P2S/c1-22-7-11-25(12-8-22)41(52)58-26-13-9-23(10-14-26)19-65-64(55)57-18-30-32(42)35(39(59-30)48-16-27(28(50)15-31(48)51)24-5-3-2-4-6-24)61-63(53,54)56-17-29-33(43)36(62-64)40(60-29)49-21-47-34-37(44)45-20-46-38(34)49/h2-14,16,20-21,29-30,32-33,35-36,39-40H,15,17-19H2,1H3,(H,53,54)(H2,44,45,46)/t29-,30-,32-,33-,35-,36-,39-,40-,64+/m1/s1. The first-order valence-electron chi connectivity index (χ1n) is 19.9. The van der Waals surface area contributed by atoms with E-state index in [1.807, 2.05) is 6.92 Å². The molecule has 10 atom stereocenters. The molecular formula is C41H38F2N6O13P2S. The number of ketones is 1. The number of aromatic nitrogens is 4. The van der Waals surface area contributed by atoms with Crippen molar-refractivity contribution in [2.45, 2.75) is 68.3 Å². The Kier molecular flexibility index (Phi) is 12.6. The number of benzene rings is 3. The van der Waals surface area contributed by atoms with E-state index in [-0.39, 0.29) is 34.1 Å². The number of imidazole rings is 1. The number of nitrogens with zero attached hydrogens (tertiary/aromatic N) is 5. The topological polar surface area (TPSA) is 243 Å². The predicted octanol–water partition coefficient (Wildman–Crippen LogP) is 6.04. The molecular weight excluding hydrogens is 916 g/mol. The molecule has 24 heteroatoms. The first kappa shape index (κ1) is 44.9. The number of alkyl halides is 2. The van der Waals surface area contributed by atoms with E-state index in [0.717, 1.165) is 23.0 Å². The molecule has 65 heavy (non-hydrogen) atoms. The number of phosphoric acid groups is 1. The molecule has 9 rings (SSSR count). The molecule has 0 aliphatic carbocycles. The van der Waals surface area contributed by atoms with Gasteiger partial charge in [0.1, 0.15) is 42.0 Å². The van der Waals surface area contributed by atoms with Crippen molar-refractivity contribution in [3.63, 3.8) is 0 Å². The Hall–Kier alpha value is -5.25. The number of fused-ring (bicyclic) bond motifs is 5. The first-order chi connectivity index (χ1) is 31.1. The minimum atomic E-state index is -5.34. The third-order valence-corrected chi connectivity index (χ3v) is 15.5. The third kappa shape index (κ3) is 9.42. The summed E-state index contributed by atoms with van der Waals surface area (Å²) in [5.74, 6) is -1.88. The van der Waals surface area contributed by atoms with E-state index in [1.54, 1.807) is 66.7 Å². The molecule has 0 spiro atoms. The normalized spacial score (nSPS) is 30.8. The number of nitrogen functional groups attached to an aromatic ring is 1. The largest absolute Gasteiger partial charge is 0.472 e. The van der Waals surface area contributed by atoms with Gasteiger partial charge in [0.05, 0.1) is 31.5 Å². The summed E-state index contributed by atoms with van der Waals surface area (Å²) in [5, 5.41) is 0. The number of carbonyl (C=O) groups excluding carboxylic acids is 3. The van der Waals surface area contributed by atoms with Crippen LogP contribution < -0.4 is 10.5 Å². The van der Waals surface area contributed by atoms with E-state index in [2.05, 4.69) is 15.0 Å². The molecule has 0 saturated carbocycles. The van der Waals surface area contributed by atoms with Crippen LogP contribution in [0.1, 0.15) is 39.7 Å². The summed E-state index contributed by atoms with van der Waals surface area (Å²) in [7, 11) is -5.34. The van der Waals surface area contributed by atoms with Crippen LogP contribution in [0.3, 0.4) is 0 Å². The van der Waals surface area contributed by atoms with Gasteiger partial charge < -0.3 is 24.8 Å². The minimum Gasteiger partial charge on any atom is -0.423 e. The second kappa shape index (κ2) is 18.2. The fourth-order valence-corrected chi connectivity index (χ4v) is 11.8. The number of esters is 1. The molecule has 5 aromatic rings. The van der Waals surface area contributed by atoms with E-state index in [9.17, 15) is 23.8 Å². The van der Waals surface area contributed by atoms with Gasteiger partial charge in [-0.25, -0.2) is 37.7 Å². The zero-order chi connectivity index (χ0) is 45.6. The van der Waals surface area contributed by atoms with Gasteiger partial charge in [0.15, 0.2) is 42.0 Å². The molecule has 0 radical (unpaired) electrons. The molecule has 3 saturated heterocycles. The maximum absolute atomic E-state index is 16.7. The van der Waals surface area contributed by atoms with E-state index in [4.69, 9.17) is 38.0 Å². The van der Waals surface area contributed by atoms with Crippen LogP contribution in [0.4, 0.5) is 14.6 Å². The van der Waals surface area contributed by atoms with Crippen molar-refractivity contribution in [1.29, 1.82) is 0 Å². The maximum Gasteiger partial charge on any atom is 0.472 e. The lowest BCUT2D eigenvalue weighted by Crippen LogP contribution is -2.47. The number of halogens is 2. The smallest absolute Gasteiger partial charge is 0.423 e. The van der Waals surface area contributed by atoms with Crippen molar-refractivity contribution in [1.82, 2.24) is 24.4 Å². The van der Waals surface area contributed by atoms with Crippen LogP contribution in [0.5, 0.6) is 5.75 Å². The Morgan fingerprint density at radius 1 is 0.892 bits per heavy atom. The van der Waals surface area contributed by atoms with Gasteiger partial charge >= 0.3 is 20.6 Å². The highest BCUT2D eigenvalue weighted by Gasteiger charge is 2.56. The first-order valence-corrected chi connectivity index (χ1v) is 24.5. The molecule has 3 aromatic carbocycles. The number of ether oxygens (including phenoxy) is 3. The van der Waals surface area contributed by atoms with Gasteiger partial charge in [-0.15, -0.1) is 0 Å². The van der Waals surface area contributed by atoms with Gasteiger partial charge in [-0.1, -0.05) is 60.2 Å². The van der Waals surface area contributed by atoms with E-state index in [0.29, 0.717) is 28.1 Å². The highest BCUT2D eigenvalue weighted by atomic mass is 32.7. The molecule has 4 aliphatic heterocycles. The van der Waals surface area contributed by atoms with Crippen LogP contribution in [0.2, 0.25) is 0 Å². The number of phosphoric ester groups is 1. The highest BCUT2D eigenvalue weighted by Crippen LogP contribution is 2.65. The Bertz CT molecular complexity index is 2760. The lowest BCUT2D eigenvalue weighted by atomic mass is 9.97. The Balaban J connectivity index is 1.02. The molecule has 3 N–H and O–H groups in total. The number of rotatable bonds is 8. The Morgan fingerprint density at radius 2 is 1.57 bits per heavy atom. The zero-order valence-electron chi connectivity index (χ0n) is 33.9.